The highest BCUT2D eigenvalue weighted by Gasteiger charge is 2.21. The third-order valence-corrected chi connectivity index (χ3v) is 3.22. The summed E-state index contributed by atoms with van der Waals surface area (Å²) in [5, 5.41) is 10.7. The number of carbonyl (C=O) groups is 1. The van der Waals surface area contributed by atoms with Crippen molar-refractivity contribution < 1.29 is 4.79 Å². The van der Waals surface area contributed by atoms with Gasteiger partial charge in [-0.15, -0.1) is 0 Å². The Balaban J connectivity index is 2.10. The minimum absolute atomic E-state index is 0.124. The number of nitrogens with one attached hydrogen (secondary N) is 2. The zero-order valence-electron chi connectivity index (χ0n) is 11.0. The van der Waals surface area contributed by atoms with Crippen molar-refractivity contribution in [1.82, 2.24) is 15.1 Å². The molecule has 1 aliphatic rings. The van der Waals surface area contributed by atoms with E-state index in [1.807, 2.05) is 11.6 Å². The molecule has 0 aliphatic carbocycles. The van der Waals surface area contributed by atoms with E-state index in [4.69, 9.17) is 5.73 Å². The zero-order valence-corrected chi connectivity index (χ0v) is 11.0. The molecule has 1 aromatic rings. The first-order valence-corrected chi connectivity index (χ1v) is 6.48. The maximum atomic E-state index is 11.1. The largest absolute Gasteiger partial charge is 0.394 e. The van der Waals surface area contributed by atoms with E-state index in [-0.39, 0.29) is 11.9 Å². The first-order chi connectivity index (χ1) is 8.61. The lowest BCUT2D eigenvalue weighted by atomic mass is 10.1. The summed E-state index contributed by atoms with van der Waals surface area (Å²) in [4.78, 5) is 11.1. The molecule has 2 heterocycles. The SMILES string of the molecule is CCCn1nc(C)c(N)c1NC1CCC(=O)NC1. The highest BCUT2D eigenvalue weighted by molar-refractivity contribution is 5.77. The summed E-state index contributed by atoms with van der Waals surface area (Å²) in [6.45, 7) is 5.52. The van der Waals surface area contributed by atoms with Gasteiger partial charge in [0.05, 0.1) is 11.4 Å². The molecule has 1 unspecified atom stereocenters. The Kier molecular flexibility index (Phi) is 3.74. The monoisotopic (exact) mass is 251 g/mol. The van der Waals surface area contributed by atoms with E-state index >= 15 is 0 Å². The maximum Gasteiger partial charge on any atom is 0.220 e. The molecule has 1 aliphatic heterocycles. The molecule has 0 spiro atoms. The van der Waals surface area contributed by atoms with Gasteiger partial charge in [0.15, 0.2) is 0 Å². The van der Waals surface area contributed by atoms with Crippen LogP contribution in [0, 0.1) is 6.92 Å². The molecule has 6 nitrogen and oxygen atoms in total. The second-order valence-corrected chi connectivity index (χ2v) is 4.75. The molecule has 6 heteroatoms. The molecule has 0 radical (unpaired) electrons. The minimum Gasteiger partial charge on any atom is -0.394 e. The van der Waals surface area contributed by atoms with Crippen molar-refractivity contribution in [3.8, 4) is 0 Å². The fraction of sp³-hybridized carbons (Fsp3) is 0.667. The van der Waals surface area contributed by atoms with Gasteiger partial charge in [0.1, 0.15) is 5.82 Å². The summed E-state index contributed by atoms with van der Waals surface area (Å²) in [6.07, 6.45) is 2.41. The molecule has 18 heavy (non-hydrogen) atoms. The predicted molar refractivity (Wildman–Crippen MR) is 71.3 cm³/mol. The molecular formula is C12H21N5O. The van der Waals surface area contributed by atoms with Gasteiger partial charge in [-0.25, -0.2) is 4.68 Å². The van der Waals surface area contributed by atoms with Gasteiger partial charge in [0, 0.05) is 25.6 Å². The first kappa shape index (κ1) is 12.7. The number of rotatable bonds is 4. The third-order valence-electron chi connectivity index (χ3n) is 3.22. The average Bonchev–Trinajstić information content (AvgIpc) is 2.60. The van der Waals surface area contributed by atoms with Crippen LogP contribution in [0.3, 0.4) is 0 Å². The van der Waals surface area contributed by atoms with E-state index in [0.29, 0.717) is 18.7 Å². The van der Waals surface area contributed by atoms with Crippen molar-refractivity contribution in [3.63, 3.8) is 0 Å². The topological polar surface area (TPSA) is 85.0 Å². The zero-order chi connectivity index (χ0) is 13.1. The molecule has 100 valence electrons. The van der Waals surface area contributed by atoms with Gasteiger partial charge in [-0.05, 0) is 19.8 Å². The second kappa shape index (κ2) is 5.29. The van der Waals surface area contributed by atoms with E-state index in [0.717, 1.165) is 30.9 Å². The van der Waals surface area contributed by atoms with Crippen LogP contribution in [0.4, 0.5) is 11.5 Å². The van der Waals surface area contributed by atoms with Gasteiger partial charge in [0.2, 0.25) is 5.91 Å². The lowest BCUT2D eigenvalue weighted by Crippen LogP contribution is -2.42. The number of nitrogens with zero attached hydrogens (tertiary/aromatic N) is 2. The molecule has 0 saturated carbocycles. The highest BCUT2D eigenvalue weighted by Crippen LogP contribution is 2.24. The number of amides is 1. The van der Waals surface area contributed by atoms with Crippen LogP contribution >= 0.6 is 0 Å². The number of aryl methyl sites for hydroxylation is 2. The molecular weight excluding hydrogens is 230 g/mol. The molecule has 1 amide bonds. The van der Waals surface area contributed by atoms with Crippen molar-refractivity contribution >= 4 is 17.4 Å². The number of anilines is 2. The molecule has 1 saturated heterocycles. The van der Waals surface area contributed by atoms with E-state index in [1.54, 1.807) is 0 Å². The normalized spacial score (nSPS) is 19.7. The summed E-state index contributed by atoms with van der Waals surface area (Å²) in [5.74, 6) is 1.01. The number of hydrogen-bond acceptors (Lipinski definition) is 4. The Bertz CT molecular complexity index is 430. The summed E-state index contributed by atoms with van der Waals surface area (Å²) >= 11 is 0. The lowest BCUT2D eigenvalue weighted by molar-refractivity contribution is -0.122. The summed E-state index contributed by atoms with van der Waals surface area (Å²) in [5.41, 5.74) is 7.61. The standard InChI is InChI=1S/C12H21N5O/c1-3-6-17-12(11(13)8(2)16-17)15-9-4-5-10(18)14-7-9/h9,15H,3-7,13H2,1-2H3,(H,14,18). The fourth-order valence-corrected chi connectivity index (χ4v) is 2.17. The summed E-state index contributed by atoms with van der Waals surface area (Å²) < 4.78 is 1.92. The Morgan fingerprint density at radius 1 is 1.61 bits per heavy atom. The minimum atomic E-state index is 0.124. The first-order valence-electron chi connectivity index (χ1n) is 6.48. The van der Waals surface area contributed by atoms with Crippen LogP contribution in [0.1, 0.15) is 31.9 Å². The van der Waals surface area contributed by atoms with Crippen LogP contribution in [0.15, 0.2) is 0 Å². The molecule has 1 atom stereocenters. The fourth-order valence-electron chi connectivity index (χ4n) is 2.17. The van der Waals surface area contributed by atoms with Gasteiger partial charge in [-0.1, -0.05) is 6.92 Å². The van der Waals surface area contributed by atoms with Crippen molar-refractivity contribution in [2.24, 2.45) is 0 Å². The van der Waals surface area contributed by atoms with Crippen molar-refractivity contribution in [1.29, 1.82) is 0 Å². The van der Waals surface area contributed by atoms with E-state index < -0.39 is 0 Å². The molecule has 0 bridgehead atoms. The molecule has 4 N–H and O–H groups in total. The Morgan fingerprint density at radius 2 is 2.39 bits per heavy atom. The number of hydrogen-bond donors (Lipinski definition) is 3. The average molecular weight is 251 g/mol. The Labute approximate surface area is 107 Å². The Morgan fingerprint density at radius 3 is 3.00 bits per heavy atom. The van der Waals surface area contributed by atoms with Gasteiger partial charge < -0.3 is 16.4 Å². The van der Waals surface area contributed by atoms with E-state index in [9.17, 15) is 4.79 Å². The Hall–Kier alpha value is -1.72. The molecule has 1 fully saturated rings. The maximum absolute atomic E-state index is 11.1. The van der Waals surface area contributed by atoms with E-state index in [2.05, 4.69) is 22.7 Å². The summed E-state index contributed by atoms with van der Waals surface area (Å²) in [7, 11) is 0. The lowest BCUT2D eigenvalue weighted by Gasteiger charge is -2.25. The van der Waals surface area contributed by atoms with Crippen LogP contribution in [0.2, 0.25) is 0 Å². The van der Waals surface area contributed by atoms with Crippen LogP contribution in [0.5, 0.6) is 0 Å². The van der Waals surface area contributed by atoms with Crippen LogP contribution in [-0.4, -0.2) is 28.3 Å². The van der Waals surface area contributed by atoms with Crippen LogP contribution in [-0.2, 0) is 11.3 Å². The van der Waals surface area contributed by atoms with Crippen molar-refractivity contribution in [2.75, 3.05) is 17.6 Å². The molecule has 2 rings (SSSR count). The highest BCUT2D eigenvalue weighted by atomic mass is 16.1. The number of nitrogens with two attached hydrogens (primary N) is 1. The number of aromatic nitrogens is 2. The van der Waals surface area contributed by atoms with Crippen LogP contribution < -0.4 is 16.4 Å². The van der Waals surface area contributed by atoms with Crippen molar-refractivity contribution in [2.45, 2.75) is 45.7 Å². The number of carbonyl (C=O) groups excluding carboxylic acids is 1. The third kappa shape index (κ3) is 2.57. The van der Waals surface area contributed by atoms with Gasteiger partial charge in [-0.2, -0.15) is 5.10 Å². The number of nitrogen functional groups attached to an aromatic ring is 1. The second-order valence-electron chi connectivity index (χ2n) is 4.75. The molecule has 1 aromatic heterocycles. The van der Waals surface area contributed by atoms with Gasteiger partial charge in [0.25, 0.3) is 0 Å². The van der Waals surface area contributed by atoms with E-state index in [1.165, 1.54) is 0 Å². The van der Waals surface area contributed by atoms with Crippen LogP contribution in [0.25, 0.3) is 0 Å². The molecule has 0 aromatic carbocycles. The van der Waals surface area contributed by atoms with Gasteiger partial charge >= 0.3 is 0 Å². The smallest absolute Gasteiger partial charge is 0.220 e. The predicted octanol–water partition coefficient (Wildman–Crippen LogP) is 0.874. The quantitative estimate of drug-likeness (QED) is 0.741. The van der Waals surface area contributed by atoms with Crippen molar-refractivity contribution in [3.05, 3.63) is 5.69 Å². The van der Waals surface area contributed by atoms with Gasteiger partial charge in [-0.3, -0.25) is 4.79 Å². The summed E-state index contributed by atoms with van der Waals surface area (Å²) in [6, 6.07) is 0.233. The number of piperidine rings is 1.